The molecule has 1 aromatic carbocycles. The van der Waals surface area contributed by atoms with Gasteiger partial charge in [0, 0.05) is 30.8 Å². The number of nitrogens with two attached hydrogens (primary N) is 2. The highest BCUT2D eigenvalue weighted by molar-refractivity contribution is 5.94. The second-order valence-corrected chi connectivity index (χ2v) is 8.69. The van der Waals surface area contributed by atoms with E-state index in [0.717, 1.165) is 0 Å². The van der Waals surface area contributed by atoms with E-state index in [1.807, 2.05) is 0 Å². The van der Waals surface area contributed by atoms with E-state index in [2.05, 4.69) is 16.0 Å². The fourth-order valence-corrected chi connectivity index (χ4v) is 3.14. The quantitative estimate of drug-likeness (QED) is 0.0957. The molecule has 0 spiro atoms. The summed E-state index contributed by atoms with van der Waals surface area (Å²) in [4.78, 5) is 58.1. The van der Waals surface area contributed by atoms with Crippen LogP contribution in [0.4, 0.5) is 5.69 Å². The Morgan fingerprint density at radius 3 is 2.24 bits per heavy atom. The fourth-order valence-electron chi connectivity index (χ4n) is 3.14. The molecule has 13 nitrogen and oxygen atoms in total. The summed E-state index contributed by atoms with van der Waals surface area (Å²) in [6.07, 6.45) is 1.86. The van der Waals surface area contributed by atoms with Crippen molar-refractivity contribution < 1.29 is 38.6 Å². The van der Waals surface area contributed by atoms with Gasteiger partial charge in [0.2, 0.25) is 17.7 Å². The molecule has 0 fully saturated rings. The predicted octanol–water partition coefficient (Wildman–Crippen LogP) is -0.211. The molecule has 13 heteroatoms. The van der Waals surface area contributed by atoms with Gasteiger partial charge in [0.25, 0.3) is 5.91 Å². The predicted molar refractivity (Wildman–Crippen MR) is 139 cm³/mol. The number of anilines is 1. The number of rotatable bonds is 20. The number of nitrogen functional groups attached to an aromatic ring is 1. The maximum Gasteiger partial charge on any atom is 0.306 e. The van der Waals surface area contributed by atoms with E-state index in [-0.39, 0.29) is 57.6 Å². The van der Waals surface area contributed by atoms with Crippen molar-refractivity contribution in [3.05, 3.63) is 29.8 Å². The van der Waals surface area contributed by atoms with E-state index >= 15 is 0 Å². The SMILES string of the molecule is CC(CCC(=O)NCCOCCOCC(=O)NC(CCCCNC(=O)c1ccc(N)cc1)C(N)=O)C(=O)O. The number of primary amides is 1. The number of aliphatic carboxylic acids is 1. The molecular formula is C25H39N5O8. The monoisotopic (exact) mass is 537 g/mol. The van der Waals surface area contributed by atoms with Crippen molar-refractivity contribution in [3.63, 3.8) is 0 Å². The van der Waals surface area contributed by atoms with Crippen LogP contribution in [0.3, 0.4) is 0 Å². The summed E-state index contributed by atoms with van der Waals surface area (Å²) in [7, 11) is 0. The molecule has 2 atom stereocenters. The Bertz CT molecular complexity index is 910. The molecule has 0 saturated carbocycles. The lowest BCUT2D eigenvalue weighted by Gasteiger charge is -2.15. The van der Waals surface area contributed by atoms with Crippen LogP contribution in [-0.2, 0) is 28.7 Å². The Balaban J connectivity index is 2.09. The molecule has 0 aromatic heterocycles. The second kappa shape index (κ2) is 18.5. The molecule has 0 aliphatic heterocycles. The molecule has 0 saturated heterocycles. The van der Waals surface area contributed by atoms with E-state index in [1.54, 1.807) is 31.2 Å². The topological polar surface area (TPSA) is 212 Å². The number of carboxylic acids is 1. The van der Waals surface area contributed by atoms with Gasteiger partial charge in [0.1, 0.15) is 12.6 Å². The molecular weight excluding hydrogens is 498 g/mol. The van der Waals surface area contributed by atoms with Crippen molar-refractivity contribution in [3.8, 4) is 0 Å². The average molecular weight is 538 g/mol. The molecule has 0 bridgehead atoms. The molecule has 0 aliphatic carbocycles. The van der Waals surface area contributed by atoms with Gasteiger partial charge in [-0.25, -0.2) is 0 Å². The largest absolute Gasteiger partial charge is 0.481 e. The second-order valence-electron chi connectivity index (χ2n) is 8.69. The molecule has 4 amide bonds. The zero-order valence-electron chi connectivity index (χ0n) is 21.7. The van der Waals surface area contributed by atoms with Crippen LogP contribution in [0, 0.1) is 5.92 Å². The van der Waals surface area contributed by atoms with Crippen molar-refractivity contribution in [2.24, 2.45) is 11.7 Å². The molecule has 212 valence electrons. The normalized spacial score (nSPS) is 12.2. The van der Waals surface area contributed by atoms with Gasteiger partial charge < -0.3 is 42.0 Å². The lowest BCUT2D eigenvalue weighted by molar-refractivity contribution is -0.141. The zero-order valence-corrected chi connectivity index (χ0v) is 21.7. The Morgan fingerprint density at radius 2 is 1.58 bits per heavy atom. The van der Waals surface area contributed by atoms with E-state index in [0.29, 0.717) is 37.1 Å². The highest BCUT2D eigenvalue weighted by Crippen LogP contribution is 2.06. The summed E-state index contributed by atoms with van der Waals surface area (Å²) >= 11 is 0. The van der Waals surface area contributed by atoms with Gasteiger partial charge in [-0.2, -0.15) is 0 Å². The molecule has 0 heterocycles. The summed E-state index contributed by atoms with van der Waals surface area (Å²) in [6, 6.07) is 5.70. The van der Waals surface area contributed by atoms with Crippen LogP contribution in [-0.4, -0.2) is 80.3 Å². The number of nitrogens with one attached hydrogen (secondary N) is 3. The average Bonchev–Trinajstić information content (AvgIpc) is 2.87. The molecule has 38 heavy (non-hydrogen) atoms. The van der Waals surface area contributed by atoms with E-state index < -0.39 is 29.7 Å². The van der Waals surface area contributed by atoms with Crippen LogP contribution >= 0.6 is 0 Å². The van der Waals surface area contributed by atoms with Gasteiger partial charge in [-0.1, -0.05) is 6.92 Å². The first-order valence-electron chi connectivity index (χ1n) is 12.5. The Labute approximate surface area is 222 Å². The molecule has 0 radical (unpaired) electrons. The van der Waals surface area contributed by atoms with Crippen LogP contribution in [0.2, 0.25) is 0 Å². The summed E-state index contributed by atoms with van der Waals surface area (Å²) in [5.41, 5.74) is 12.0. The van der Waals surface area contributed by atoms with Crippen molar-refractivity contribution in [1.29, 1.82) is 0 Å². The minimum Gasteiger partial charge on any atom is -0.481 e. The number of carboxylic acid groups (broad SMARTS) is 1. The van der Waals surface area contributed by atoms with Gasteiger partial charge in [-0.3, -0.25) is 24.0 Å². The van der Waals surface area contributed by atoms with Crippen LogP contribution in [0.25, 0.3) is 0 Å². The highest BCUT2D eigenvalue weighted by atomic mass is 16.5. The number of hydrogen-bond donors (Lipinski definition) is 6. The van der Waals surface area contributed by atoms with Crippen molar-refractivity contribution in [2.75, 3.05) is 45.3 Å². The smallest absolute Gasteiger partial charge is 0.306 e. The number of hydrogen-bond acceptors (Lipinski definition) is 8. The number of ether oxygens (including phenoxy) is 2. The number of unbranched alkanes of at least 4 members (excludes halogenated alkanes) is 1. The van der Waals surface area contributed by atoms with Gasteiger partial charge >= 0.3 is 5.97 Å². The third-order valence-corrected chi connectivity index (χ3v) is 5.46. The first-order valence-corrected chi connectivity index (χ1v) is 12.5. The van der Waals surface area contributed by atoms with Gasteiger partial charge in [-0.15, -0.1) is 0 Å². The molecule has 1 rings (SSSR count). The third-order valence-electron chi connectivity index (χ3n) is 5.46. The minimum absolute atomic E-state index is 0.124. The fraction of sp³-hybridized carbons (Fsp3) is 0.560. The lowest BCUT2D eigenvalue weighted by atomic mass is 10.1. The standard InChI is InChI=1S/C25H39N5O8/c1-17(25(35)36)5-10-21(31)28-12-13-37-14-15-38-16-22(32)30-20(23(27)33)4-2-3-11-29-24(34)18-6-8-19(26)9-7-18/h6-9,17,20H,2-5,10-16,26H2,1H3,(H2,27,33)(H,28,31)(H,29,34)(H,30,32)(H,35,36). The van der Waals surface area contributed by atoms with Crippen LogP contribution in [0.5, 0.6) is 0 Å². The van der Waals surface area contributed by atoms with E-state index in [9.17, 15) is 24.0 Å². The number of carbonyl (C=O) groups excluding carboxylic acids is 4. The van der Waals surface area contributed by atoms with Crippen LogP contribution in [0.15, 0.2) is 24.3 Å². The van der Waals surface area contributed by atoms with Crippen molar-refractivity contribution in [2.45, 2.75) is 45.1 Å². The molecule has 0 aliphatic rings. The van der Waals surface area contributed by atoms with Gasteiger partial charge in [0.15, 0.2) is 0 Å². The van der Waals surface area contributed by atoms with Gasteiger partial charge in [-0.05, 0) is 49.9 Å². The first-order chi connectivity index (χ1) is 18.1. The number of benzene rings is 1. The summed E-state index contributed by atoms with van der Waals surface area (Å²) in [5.74, 6) is -3.14. The van der Waals surface area contributed by atoms with E-state index in [1.165, 1.54) is 0 Å². The lowest BCUT2D eigenvalue weighted by Crippen LogP contribution is -2.45. The van der Waals surface area contributed by atoms with Crippen LogP contribution in [0.1, 0.15) is 49.4 Å². The summed E-state index contributed by atoms with van der Waals surface area (Å²) < 4.78 is 10.5. The third kappa shape index (κ3) is 14.8. The van der Waals surface area contributed by atoms with Crippen LogP contribution < -0.4 is 27.4 Å². The van der Waals surface area contributed by atoms with Gasteiger partial charge in [0.05, 0.1) is 25.7 Å². The van der Waals surface area contributed by atoms with Crippen molar-refractivity contribution >= 4 is 35.3 Å². The minimum atomic E-state index is -0.937. The Hall–Kier alpha value is -3.71. The molecule has 8 N–H and O–H groups in total. The maximum atomic E-state index is 12.1. The molecule has 2 unspecified atom stereocenters. The Kier molecular flexibility index (Phi) is 15.8. The summed E-state index contributed by atoms with van der Waals surface area (Å²) in [6.45, 7) is 2.50. The number of carbonyl (C=O) groups is 5. The summed E-state index contributed by atoms with van der Waals surface area (Å²) in [5, 5.41) is 16.7. The zero-order chi connectivity index (χ0) is 28.3. The Morgan fingerprint density at radius 1 is 0.895 bits per heavy atom. The molecule has 1 aromatic rings. The number of amides is 4. The highest BCUT2D eigenvalue weighted by Gasteiger charge is 2.18. The van der Waals surface area contributed by atoms with E-state index in [4.69, 9.17) is 26.0 Å². The van der Waals surface area contributed by atoms with Crippen molar-refractivity contribution in [1.82, 2.24) is 16.0 Å². The first kappa shape index (κ1) is 32.3. The maximum absolute atomic E-state index is 12.1.